The molecule has 0 saturated heterocycles. The Hall–Kier alpha value is -3.28. The molecule has 4 unspecified atom stereocenters. The van der Waals surface area contributed by atoms with Gasteiger partial charge in [0, 0.05) is 25.7 Å². The molecule has 4 atom stereocenters. The maximum atomic E-state index is 13.1. The van der Waals surface area contributed by atoms with E-state index in [4.69, 9.17) is 46.4 Å². The molecule has 0 N–H and O–H groups in total. The minimum atomic E-state index is -0.390. The molecule has 0 spiro atoms. The van der Waals surface area contributed by atoms with Gasteiger partial charge in [0.25, 0.3) is 0 Å². The lowest BCUT2D eigenvalue weighted by atomic mass is 9.62. The molecule has 9 rings (SSSR count). The van der Waals surface area contributed by atoms with Crippen molar-refractivity contribution in [3.05, 3.63) is 138 Å². The fraction of sp³-hybridized carbons (Fsp3) is 0.462. The number of aryl methyl sites for hydroxylation is 4. The van der Waals surface area contributed by atoms with Gasteiger partial charge in [-0.3, -0.25) is 19.2 Å². The minimum Gasteiger partial charge on any atom is -0.281 e. The average Bonchev–Trinajstić information content (AvgIpc) is 3.15. The van der Waals surface area contributed by atoms with Crippen molar-refractivity contribution in [2.45, 2.75) is 152 Å². The Bertz CT molecular complexity index is 2080. The molecule has 0 aliphatic heterocycles. The van der Waals surface area contributed by atoms with E-state index in [1.807, 2.05) is 0 Å². The molecule has 8 heteroatoms. The lowest BCUT2D eigenvalue weighted by Crippen LogP contribution is -2.27. The summed E-state index contributed by atoms with van der Waals surface area (Å²) in [7, 11) is 0. The maximum Gasteiger partial charge on any atom is 0.226 e. The van der Waals surface area contributed by atoms with E-state index in [-0.39, 0.29) is 70.3 Å². The SMILES string of the molecule is O=C(Cl)Cc1c2cc3cc1C1CCC1c1cc(cc(c1CC(=O)Cl)Cc1cc4cc(c1CC(=O)Cl)C1CCC1c1cc(cc(c1CC(=O)Cl)C2)CCCCC4)CCCCC3. The number of halogens is 4. The van der Waals surface area contributed by atoms with Gasteiger partial charge in [0.1, 0.15) is 0 Å². The van der Waals surface area contributed by atoms with Crippen molar-refractivity contribution in [2.75, 3.05) is 0 Å². The molecule has 2 saturated carbocycles. The van der Waals surface area contributed by atoms with Crippen LogP contribution in [0, 0.1) is 0 Å². The van der Waals surface area contributed by atoms with Crippen molar-refractivity contribution in [3.8, 4) is 0 Å². The molecule has 0 amide bonds. The first-order chi connectivity index (χ1) is 29.0. The van der Waals surface area contributed by atoms with Gasteiger partial charge in [-0.25, -0.2) is 0 Å². The molecule has 0 heterocycles. The summed E-state index contributed by atoms with van der Waals surface area (Å²) in [6.07, 6.45) is 15.4. The molecule has 5 aliphatic carbocycles. The number of carbonyl (C=O) groups is 4. The highest BCUT2D eigenvalue weighted by molar-refractivity contribution is 6.64. The van der Waals surface area contributed by atoms with Gasteiger partial charge in [0.15, 0.2) is 0 Å². The predicted octanol–water partition coefficient (Wildman–Crippen LogP) is 12.3. The predicted molar refractivity (Wildman–Crippen MR) is 242 cm³/mol. The second-order valence-electron chi connectivity index (χ2n) is 18.5. The van der Waals surface area contributed by atoms with Crippen LogP contribution in [-0.4, -0.2) is 21.0 Å². The van der Waals surface area contributed by atoms with Crippen LogP contribution in [-0.2, 0) is 83.4 Å². The van der Waals surface area contributed by atoms with E-state index in [1.165, 1.54) is 44.5 Å². The molecular formula is C52H52Cl4O4. The third-order valence-electron chi connectivity index (χ3n) is 14.8. The topological polar surface area (TPSA) is 68.3 Å². The average molecular weight is 883 g/mol. The van der Waals surface area contributed by atoms with Gasteiger partial charge in [0.05, 0.1) is 0 Å². The minimum absolute atomic E-state index is 0.119. The van der Waals surface area contributed by atoms with Crippen LogP contribution >= 0.6 is 46.4 Å². The van der Waals surface area contributed by atoms with Crippen LogP contribution in [0.5, 0.6) is 0 Å². The maximum absolute atomic E-state index is 13.1. The zero-order chi connectivity index (χ0) is 41.7. The Morgan fingerprint density at radius 1 is 0.367 bits per heavy atom. The summed E-state index contributed by atoms with van der Waals surface area (Å²) in [5.41, 5.74) is 18.2. The van der Waals surface area contributed by atoms with E-state index in [0.717, 1.165) is 134 Å². The summed E-state index contributed by atoms with van der Waals surface area (Å²) < 4.78 is 0. The van der Waals surface area contributed by atoms with Crippen molar-refractivity contribution < 1.29 is 19.2 Å². The molecule has 60 heavy (non-hydrogen) atoms. The fourth-order valence-electron chi connectivity index (χ4n) is 11.8. The Kier molecular flexibility index (Phi) is 12.5. The van der Waals surface area contributed by atoms with E-state index in [0.29, 0.717) is 12.8 Å². The Labute approximate surface area is 374 Å². The van der Waals surface area contributed by atoms with Crippen molar-refractivity contribution in [2.24, 2.45) is 0 Å². The molecule has 0 aromatic heterocycles. The molecule has 312 valence electrons. The van der Waals surface area contributed by atoms with Crippen LogP contribution in [0.3, 0.4) is 0 Å². The fourth-order valence-corrected chi connectivity index (χ4v) is 12.4. The number of benzene rings is 4. The number of rotatable bonds is 8. The van der Waals surface area contributed by atoms with Crippen molar-refractivity contribution in [1.29, 1.82) is 0 Å². The second-order valence-corrected chi connectivity index (χ2v) is 20.2. The van der Waals surface area contributed by atoms with Gasteiger partial charge in [-0.2, -0.15) is 0 Å². The smallest absolute Gasteiger partial charge is 0.226 e. The molecule has 4 nitrogen and oxygen atoms in total. The van der Waals surface area contributed by atoms with E-state index < -0.39 is 0 Å². The van der Waals surface area contributed by atoms with Crippen LogP contribution < -0.4 is 0 Å². The van der Waals surface area contributed by atoms with E-state index >= 15 is 0 Å². The van der Waals surface area contributed by atoms with Crippen molar-refractivity contribution in [1.82, 2.24) is 0 Å². The van der Waals surface area contributed by atoms with Gasteiger partial charge >= 0.3 is 0 Å². The number of hydrogen-bond acceptors (Lipinski definition) is 4. The largest absolute Gasteiger partial charge is 0.281 e. The van der Waals surface area contributed by atoms with E-state index in [1.54, 1.807) is 0 Å². The summed E-state index contributed by atoms with van der Waals surface area (Å²) in [5, 5.41) is -1.56. The first kappa shape index (κ1) is 42.0. The number of hydrogen-bond donors (Lipinski definition) is 0. The highest BCUT2D eigenvalue weighted by atomic mass is 35.5. The summed E-state index contributed by atoms with van der Waals surface area (Å²) in [4.78, 5) is 52.4. The molecule has 2 fully saturated rings. The third kappa shape index (κ3) is 8.70. The lowest BCUT2D eigenvalue weighted by molar-refractivity contribution is -0.112. The molecular weight excluding hydrogens is 830 g/mol. The standard InChI is InChI=1S/C52H52Cl4O4/c53-49(57)25-41-33-15-29-7-3-1-4-8-30-16-34(42(26-50(54)58)46(20-30)38-12-11-37(38)45(41)19-29)24-36-18-32-10-6-2-5-9-31-17-35(23-33)43(27-51(55)59)47(21-31)39-13-14-40(39)48(22-32)44(36)28-52(56)60/h15-22,37-40H,1-14,23-28H2. The van der Waals surface area contributed by atoms with Gasteiger partial charge in [-0.05, 0) is 249 Å². The van der Waals surface area contributed by atoms with E-state index in [2.05, 4.69) is 48.5 Å². The van der Waals surface area contributed by atoms with Crippen LogP contribution in [0.1, 0.15) is 177 Å². The van der Waals surface area contributed by atoms with Crippen molar-refractivity contribution in [3.63, 3.8) is 0 Å². The van der Waals surface area contributed by atoms with Gasteiger partial charge in [-0.15, -0.1) is 0 Å². The first-order valence-electron chi connectivity index (χ1n) is 22.3. The molecule has 5 aliphatic rings. The molecule has 12 bridgehead atoms. The number of carbonyl (C=O) groups excluding carboxylic acids is 4. The summed E-state index contributed by atoms with van der Waals surface area (Å²) in [6.45, 7) is 0. The van der Waals surface area contributed by atoms with Crippen LogP contribution in [0.4, 0.5) is 0 Å². The molecule has 0 radical (unpaired) electrons. The number of fused-ring (bicyclic) bond motifs is 8. The highest BCUT2D eigenvalue weighted by Crippen LogP contribution is 2.55. The highest BCUT2D eigenvalue weighted by Gasteiger charge is 2.40. The zero-order valence-electron chi connectivity index (χ0n) is 34.2. The monoisotopic (exact) mass is 880 g/mol. The normalized spacial score (nSPS) is 21.8. The summed E-state index contributed by atoms with van der Waals surface area (Å²) >= 11 is 25.5. The van der Waals surface area contributed by atoms with Crippen molar-refractivity contribution >= 4 is 67.4 Å². The van der Waals surface area contributed by atoms with Gasteiger partial charge < -0.3 is 0 Å². The zero-order valence-corrected chi connectivity index (χ0v) is 37.2. The Balaban J connectivity index is 1.38. The Morgan fingerprint density at radius 2 is 0.600 bits per heavy atom. The quantitative estimate of drug-likeness (QED) is 0.165. The summed E-state index contributed by atoms with van der Waals surface area (Å²) in [5.74, 6) is 0.487. The van der Waals surface area contributed by atoms with Crippen LogP contribution in [0.15, 0.2) is 48.5 Å². The second kappa shape index (κ2) is 17.8. The summed E-state index contributed by atoms with van der Waals surface area (Å²) in [6, 6.07) is 18.7. The van der Waals surface area contributed by atoms with Crippen LogP contribution in [0.25, 0.3) is 0 Å². The Morgan fingerprint density at radius 3 is 0.800 bits per heavy atom. The molecule has 4 aromatic carbocycles. The molecule has 4 aromatic rings. The first-order valence-corrected chi connectivity index (χ1v) is 23.8. The van der Waals surface area contributed by atoms with Gasteiger partial charge in [-0.1, -0.05) is 61.4 Å². The van der Waals surface area contributed by atoms with Crippen LogP contribution in [0.2, 0.25) is 0 Å². The van der Waals surface area contributed by atoms with Gasteiger partial charge in [0.2, 0.25) is 21.0 Å². The third-order valence-corrected chi connectivity index (χ3v) is 15.3. The lowest BCUT2D eigenvalue weighted by Gasteiger charge is -2.42. The van der Waals surface area contributed by atoms with E-state index in [9.17, 15) is 19.2 Å².